The fraction of sp³-hybridized carbons (Fsp3) is 0. The van der Waals surface area contributed by atoms with Gasteiger partial charge in [0.05, 0.1) is 13.4 Å². The van der Waals surface area contributed by atoms with Crippen molar-refractivity contribution in [1.82, 2.24) is 0 Å². The molecule has 2 aromatic rings. The Kier molecular flexibility index (Phi) is 6.01. The molecule has 0 heterocycles. The van der Waals surface area contributed by atoms with Gasteiger partial charge in [0.25, 0.3) is 0 Å². The van der Waals surface area contributed by atoms with Crippen LogP contribution in [0.2, 0.25) is 0 Å². The molecule has 7 heteroatoms. The number of ether oxygens (including phenoxy) is 1. The van der Waals surface area contributed by atoms with E-state index in [0.717, 1.165) is 32.6 Å². The monoisotopic (exact) mass is 638 g/mol. The molecule has 0 spiro atoms. The molecule has 0 N–H and O–H groups in total. The lowest BCUT2D eigenvalue weighted by atomic mass is 10.3. The number of hydrogen-bond donors (Lipinski definition) is 0. The van der Waals surface area contributed by atoms with Crippen molar-refractivity contribution >= 4 is 95.6 Å². The van der Waals surface area contributed by atoms with E-state index in [1.54, 1.807) is 0 Å². The van der Waals surface area contributed by atoms with Crippen molar-refractivity contribution in [3.8, 4) is 11.5 Å². The minimum absolute atomic E-state index is 0.694. The van der Waals surface area contributed by atoms with Crippen molar-refractivity contribution in [3.63, 3.8) is 0 Å². The molecular formula is C12H4Br6O. The Bertz CT molecular complexity index is 614. The van der Waals surface area contributed by atoms with E-state index in [2.05, 4.69) is 95.6 Å². The molecule has 100 valence electrons. The second-order valence-electron chi connectivity index (χ2n) is 3.45. The van der Waals surface area contributed by atoms with E-state index in [9.17, 15) is 0 Å². The highest BCUT2D eigenvalue weighted by Crippen LogP contribution is 2.46. The molecule has 0 aliphatic rings. The van der Waals surface area contributed by atoms with Crippen molar-refractivity contribution in [1.29, 1.82) is 0 Å². The molecule has 0 aliphatic heterocycles. The predicted octanol–water partition coefficient (Wildman–Crippen LogP) is 8.05. The molecule has 0 aliphatic carbocycles. The van der Waals surface area contributed by atoms with Crippen molar-refractivity contribution in [2.75, 3.05) is 0 Å². The van der Waals surface area contributed by atoms with E-state index < -0.39 is 0 Å². The SMILES string of the molecule is Brc1cccc(Oc2c(Br)c(Br)cc(Br)c2Br)c1Br. The Morgan fingerprint density at radius 2 is 1.26 bits per heavy atom. The van der Waals surface area contributed by atoms with Crippen LogP contribution in [0.4, 0.5) is 0 Å². The topological polar surface area (TPSA) is 9.23 Å². The van der Waals surface area contributed by atoms with Crippen LogP contribution in [-0.2, 0) is 0 Å². The summed E-state index contributed by atoms with van der Waals surface area (Å²) in [4.78, 5) is 0. The maximum Gasteiger partial charge on any atom is 0.158 e. The summed E-state index contributed by atoms with van der Waals surface area (Å²) in [6.45, 7) is 0. The van der Waals surface area contributed by atoms with Crippen LogP contribution >= 0.6 is 95.6 Å². The van der Waals surface area contributed by atoms with Crippen LogP contribution in [0.3, 0.4) is 0 Å². The van der Waals surface area contributed by atoms with Crippen molar-refractivity contribution < 1.29 is 4.74 Å². The van der Waals surface area contributed by atoms with Crippen LogP contribution < -0.4 is 4.74 Å². The smallest absolute Gasteiger partial charge is 0.158 e. The fourth-order valence-electron chi connectivity index (χ4n) is 1.31. The summed E-state index contributed by atoms with van der Waals surface area (Å²) in [5, 5.41) is 0. The van der Waals surface area contributed by atoms with Gasteiger partial charge in [-0.05, 0) is 114 Å². The van der Waals surface area contributed by atoms with Gasteiger partial charge in [-0.15, -0.1) is 0 Å². The number of halogens is 6. The van der Waals surface area contributed by atoms with Gasteiger partial charge >= 0.3 is 0 Å². The van der Waals surface area contributed by atoms with Crippen molar-refractivity contribution in [2.24, 2.45) is 0 Å². The lowest BCUT2D eigenvalue weighted by Gasteiger charge is -2.14. The first kappa shape index (κ1) is 16.5. The molecule has 0 bridgehead atoms. The molecule has 0 radical (unpaired) electrons. The first-order valence-electron chi connectivity index (χ1n) is 4.86. The van der Waals surface area contributed by atoms with Gasteiger partial charge in [-0.3, -0.25) is 0 Å². The zero-order valence-electron chi connectivity index (χ0n) is 8.99. The van der Waals surface area contributed by atoms with Gasteiger partial charge in [0.2, 0.25) is 0 Å². The maximum absolute atomic E-state index is 5.98. The third-order valence-corrected chi connectivity index (χ3v) is 8.10. The van der Waals surface area contributed by atoms with Crippen LogP contribution in [0.15, 0.2) is 51.1 Å². The normalized spacial score (nSPS) is 10.6. The van der Waals surface area contributed by atoms with Gasteiger partial charge in [0.15, 0.2) is 5.75 Å². The highest BCUT2D eigenvalue weighted by atomic mass is 79.9. The van der Waals surface area contributed by atoms with Crippen molar-refractivity contribution in [2.45, 2.75) is 0 Å². The largest absolute Gasteiger partial charge is 0.454 e. The van der Waals surface area contributed by atoms with E-state index in [4.69, 9.17) is 4.74 Å². The molecule has 0 unspecified atom stereocenters. The second kappa shape index (κ2) is 6.92. The Morgan fingerprint density at radius 1 is 0.684 bits per heavy atom. The fourth-order valence-corrected chi connectivity index (χ4v) is 4.19. The van der Waals surface area contributed by atoms with Gasteiger partial charge in [0, 0.05) is 13.4 Å². The first-order valence-corrected chi connectivity index (χ1v) is 9.62. The molecule has 19 heavy (non-hydrogen) atoms. The van der Waals surface area contributed by atoms with E-state index in [1.165, 1.54) is 0 Å². The van der Waals surface area contributed by atoms with Crippen molar-refractivity contribution in [3.05, 3.63) is 51.1 Å². The summed E-state index contributed by atoms with van der Waals surface area (Å²) in [6, 6.07) is 7.69. The first-order chi connectivity index (χ1) is 8.91. The Hall–Kier alpha value is 1.12. The van der Waals surface area contributed by atoms with Crippen LogP contribution in [-0.4, -0.2) is 0 Å². The molecule has 0 saturated carbocycles. The Balaban J connectivity index is 2.52. The van der Waals surface area contributed by atoms with E-state index in [-0.39, 0.29) is 0 Å². The zero-order valence-corrected chi connectivity index (χ0v) is 18.5. The van der Waals surface area contributed by atoms with E-state index in [0.29, 0.717) is 5.75 Å². The molecule has 1 nitrogen and oxygen atoms in total. The third-order valence-electron chi connectivity index (χ3n) is 2.20. The van der Waals surface area contributed by atoms with Gasteiger partial charge in [-0.2, -0.15) is 0 Å². The van der Waals surface area contributed by atoms with Gasteiger partial charge in [-0.25, -0.2) is 0 Å². The Morgan fingerprint density at radius 3 is 1.84 bits per heavy atom. The second-order valence-corrected chi connectivity index (χ2v) is 8.39. The maximum atomic E-state index is 5.98. The van der Waals surface area contributed by atoms with E-state index >= 15 is 0 Å². The molecule has 0 saturated heterocycles. The molecule has 0 fully saturated rings. The summed E-state index contributed by atoms with van der Waals surface area (Å²) >= 11 is 20.9. The number of rotatable bonds is 2. The third kappa shape index (κ3) is 3.66. The highest BCUT2D eigenvalue weighted by molar-refractivity contribution is 9.14. The number of hydrogen-bond acceptors (Lipinski definition) is 1. The zero-order chi connectivity index (χ0) is 14.2. The predicted molar refractivity (Wildman–Crippen MR) is 99.2 cm³/mol. The lowest BCUT2D eigenvalue weighted by molar-refractivity contribution is 0.472. The summed E-state index contributed by atoms with van der Waals surface area (Å²) in [6.07, 6.45) is 0. The molecule has 0 aromatic heterocycles. The minimum Gasteiger partial charge on any atom is -0.454 e. The quantitative estimate of drug-likeness (QED) is 0.301. The van der Waals surface area contributed by atoms with Crippen LogP contribution in [0.5, 0.6) is 11.5 Å². The van der Waals surface area contributed by atoms with Gasteiger partial charge < -0.3 is 4.74 Å². The molecule has 0 amide bonds. The number of benzene rings is 2. The van der Waals surface area contributed by atoms with E-state index in [1.807, 2.05) is 24.3 Å². The highest BCUT2D eigenvalue weighted by Gasteiger charge is 2.16. The average Bonchev–Trinajstić information content (AvgIpc) is 2.37. The standard InChI is InChI=1S/C12H4Br6O/c13-5-2-1-3-8(9(5)16)19-12-10(17)6(14)4-7(15)11(12)18/h1-4H. The summed E-state index contributed by atoms with van der Waals surface area (Å²) < 4.78 is 11.3. The van der Waals surface area contributed by atoms with Gasteiger partial charge in [0.1, 0.15) is 5.75 Å². The van der Waals surface area contributed by atoms with Crippen LogP contribution in [0.25, 0.3) is 0 Å². The molecular weight excluding hydrogens is 640 g/mol. The summed E-state index contributed by atoms with van der Waals surface area (Å²) in [5.41, 5.74) is 0. The average molecular weight is 644 g/mol. The molecule has 2 rings (SSSR count). The lowest BCUT2D eigenvalue weighted by Crippen LogP contribution is -1.90. The Labute approximate surface area is 161 Å². The van der Waals surface area contributed by atoms with Crippen LogP contribution in [0.1, 0.15) is 0 Å². The summed E-state index contributed by atoms with van der Waals surface area (Å²) in [7, 11) is 0. The molecule has 2 aromatic carbocycles. The van der Waals surface area contributed by atoms with Crippen LogP contribution in [0, 0.1) is 0 Å². The summed E-state index contributed by atoms with van der Waals surface area (Å²) in [5.74, 6) is 1.42. The van der Waals surface area contributed by atoms with Gasteiger partial charge in [-0.1, -0.05) is 6.07 Å². The minimum atomic E-state index is 0.694. The molecule has 0 atom stereocenters.